The zero-order valence-electron chi connectivity index (χ0n) is 15.9. The summed E-state index contributed by atoms with van der Waals surface area (Å²) >= 11 is 1.23. The second kappa shape index (κ2) is 8.34. The number of thiophene rings is 1. The summed E-state index contributed by atoms with van der Waals surface area (Å²) in [7, 11) is 1.56. The van der Waals surface area contributed by atoms with Crippen LogP contribution in [0.5, 0.6) is 5.75 Å². The number of fused-ring (bicyclic) bond motifs is 1. The lowest BCUT2D eigenvalue weighted by Crippen LogP contribution is -2.15. The molecule has 0 unspecified atom stereocenters. The van der Waals surface area contributed by atoms with Gasteiger partial charge in [0.2, 0.25) is 5.91 Å². The van der Waals surface area contributed by atoms with Crippen molar-refractivity contribution in [3.8, 4) is 5.75 Å². The van der Waals surface area contributed by atoms with Crippen LogP contribution in [-0.4, -0.2) is 29.1 Å². The van der Waals surface area contributed by atoms with E-state index in [-0.39, 0.29) is 24.1 Å². The van der Waals surface area contributed by atoms with E-state index < -0.39 is 0 Å². The fourth-order valence-electron chi connectivity index (χ4n) is 2.88. The topological polar surface area (TPSA) is 96.1 Å². The van der Waals surface area contributed by atoms with Gasteiger partial charge in [-0.1, -0.05) is 18.2 Å². The number of ether oxygens (including phenoxy) is 1. The molecule has 9 heteroatoms. The summed E-state index contributed by atoms with van der Waals surface area (Å²) < 4.78 is 18.2. The molecular weight excluding hydrogens is 407 g/mol. The van der Waals surface area contributed by atoms with Crippen molar-refractivity contribution < 1.29 is 18.7 Å². The van der Waals surface area contributed by atoms with Crippen molar-refractivity contribution in [1.29, 1.82) is 0 Å². The molecule has 4 aromatic rings. The van der Waals surface area contributed by atoms with Crippen LogP contribution >= 0.6 is 11.3 Å². The van der Waals surface area contributed by atoms with Crippen LogP contribution in [0.3, 0.4) is 0 Å². The highest BCUT2D eigenvalue weighted by Crippen LogP contribution is 2.30. The Labute approximate surface area is 174 Å². The van der Waals surface area contributed by atoms with Gasteiger partial charge in [0, 0.05) is 11.8 Å². The minimum Gasteiger partial charge on any atom is -0.497 e. The number of hydrogen-bond acceptors (Lipinski definition) is 5. The van der Waals surface area contributed by atoms with Gasteiger partial charge in [-0.15, -0.1) is 11.3 Å². The Morgan fingerprint density at radius 2 is 1.93 bits per heavy atom. The van der Waals surface area contributed by atoms with Crippen LogP contribution in [0.1, 0.15) is 15.2 Å². The molecule has 30 heavy (non-hydrogen) atoms. The van der Waals surface area contributed by atoms with E-state index in [0.717, 1.165) is 0 Å². The van der Waals surface area contributed by atoms with Crippen LogP contribution in [0, 0.1) is 5.82 Å². The lowest BCUT2D eigenvalue weighted by Gasteiger charge is -2.05. The normalized spacial score (nSPS) is 10.7. The van der Waals surface area contributed by atoms with Crippen LogP contribution < -0.4 is 15.4 Å². The third-order valence-corrected chi connectivity index (χ3v) is 5.38. The van der Waals surface area contributed by atoms with Gasteiger partial charge in [-0.3, -0.25) is 14.7 Å². The van der Waals surface area contributed by atoms with E-state index in [0.29, 0.717) is 37.9 Å². The molecule has 3 N–H and O–H groups in total. The maximum Gasteiger partial charge on any atom is 0.265 e. The van der Waals surface area contributed by atoms with E-state index in [9.17, 15) is 14.0 Å². The number of halogens is 1. The zero-order chi connectivity index (χ0) is 21.1. The fourth-order valence-corrected chi connectivity index (χ4v) is 3.78. The number of rotatable bonds is 6. The summed E-state index contributed by atoms with van der Waals surface area (Å²) in [6.45, 7) is 0. The van der Waals surface area contributed by atoms with Crippen LogP contribution in [-0.2, 0) is 11.2 Å². The molecule has 0 atom stereocenters. The first-order valence-corrected chi connectivity index (χ1v) is 9.81. The number of aromatic amines is 1. The number of aromatic nitrogens is 2. The first-order chi connectivity index (χ1) is 14.5. The van der Waals surface area contributed by atoms with Crippen molar-refractivity contribution in [3.63, 3.8) is 0 Å². The van der Waals surface area contributed by atoms with Crippen LogP contribution in [0.15, 0.2) is 54.6 Å². The summed E-state index contributed by atoms with van der Waals surface area (Å²) in [6, 6.07) is 14.5. The number of H-pyrrole nitrogens is 1. The maximum absolute atomic E-state index is 13.0. The predicted molar refractivity (Wildman–Crippen MR) is 114 cm³/mol. The summed E-state index contributed by atoms with van der Waals surface area (Å²) in [5.74, 6) is 0.0615. The SMILES string of the molecule is COc1cccc(NC(=O)c2cc3c(NC(=O)Cc4ccc(F)cc4)n[nH]c3s2)c1. The lowest BCUT2D eigenvalue weighted by atomic mass is 10.1. The number of nitrogens with zero attached hydrogens (tertiary/aromatic N) is 1. The van der Waals surface area contributed by atoms with Crippen molar-refractivity contribution in [3.05, 3.63) is 70.9 Å². The number of hydrogen-bond donors (Lipinski definition) is 3. The highest BCUT2D eigenvalue weighted by molar-refractivity contribution is 7.20. The zero-order valence-corrected chi connectivity index (χ0v) is 16.7. The molecule has 0 fully saturated rings. The molecule has 2 aromatic heterocycles. The Hall–Kier alpha value is -3.72. The van der Waals surface area contributed by atoms with E-state index in [2.05, 4.69) is 20.8 Å². The smallest absolute Gasteiger partial charge is 0.265 e. The van der Waals surface area contributed by atoms with Crippen molar-refractivity contribution >= 4 is 44.9 Å². The first-order valence-electron chi connectivity index (χ1n) is 8.99. The molecule has 0 saturated carbocycles. The molecule has 0 aliphatic heterocycles. The van der Waals surface area contributed by atoms with Gasteiger partial charge in [-0.05, 0) is 35.9 Å². The number of nitrogens with one attached hydrogen (secondary N) is 3. The van der Waals surface area contributed by atoms with Gasteiger partial charge >= 0.3 is 0 Å². The molecule has 0 bridgehead atoms. The van der Waals surface area contributed by atoms with Gasteiger partial charge in [-0.2, -0.15) is 5.10 Å². The molecule has 0 saturated heterocycles. The molecular formula is C21H17FN4O3S. The number of carbonyl (C=O) groups is 2. The van der Waals surface area contributed by atoms with Gasteiger partial charge in [0.1, 0.15) is 16.4 Å². The van der Waals surface area contributed by atoms with E-state index in [1.165, 1.54) is 23.5 Å². The number of methoxy groups -OCH3 is 1. The highest BCUT2D eigenvalue weighted by atomic mass is 32.1. The standard InChI is InChI=1S/C21H17FN4O3S/c1-29-15-4-2-3-14(10-15)23-20(28)17-11-16-19(25-26-21(16)30-17)24-18(27)9-12-5-7-13(22)8-6-12/h2-8,10-11H,9H2,1H3,(H,23,28)(H2,24,25,26,27). The predicted octanol–water partition coefficient (Wildman–Crippen LogP) is 4.21. The Morgan fingerprint density at radius 1 is 1.13 bits per heavy atom. The fraction of sp³-hybridized carbons (Fsp3) is 0.0952. The van der Waals surface area contributed by atoms with E-state index in [1.54, 1.807) is 49.6 Å². The third kappa shape index (κ3) is 4.31. The van der Waals surface area contributed by atoms with Gasteiger partial charge in [-0.25, -0.2) is 4.39 Å². The minimum atomic E-state index is -0.355. The van der Waals surface area contributed by atoms with E-state index in [1.807, 2.05) is 0 Å². The average molecular weight is 424 g/mol. The molecule has 152 valence electrons. The molecule has 0 aliphatic rings. The molecule has 0 spiro atoms. The Bertz CT molecular complexity index is 1220. The quantitative estimate of drug-likeness (QED) is 0.432. The number of benzene rings is 2. The highest BCUT2D eigenvalue weighted by Gasteiger charge is 2.17. The van der Waals surface area contributed by atoms with Crippen molar-refractivity contribution in [2.24, 2.45) is 0 Å². The van der Waals surface area contributed by atoms with Gasteiger partial charge in [0.25, 0.3) is 5.91 Å². The van der Waals surface area contributed by atoms with Crippen LogP contribution in [0.25, 0.3) is 10.2 Å². The largest absolute Gasteiger partial charge is 0.497 e. The Kier molecular flexibility index (Phi) is 5.44. The third-order valence-electron chi connectivity index (χ3n) is 4.34. The molecule has 0 aliphatic carbocycles. The minimum absolute atomic E-state index is 0.0853. The van der Waals surface area contributed by atoms with E-state index in [4.69, 9.17) is 4.74 Å². The van der Waals surface area contributed by atoms with Crippen LogP contribution in [0.4, 0.5) is 15.9 Å². The van der Waals surface area contributed by atoms with Crippen molar-refractivity contribution in [2.75, 3.05) is 17.7 Å². The average Bonchev–Trinajstić information content (AvgIpc) is 3.32. The lowest BCUT2D eigenvalue weighted by molar-refractivity contribution is -0.115. The molecule has 2 heterocycles. The number of carbonyl (C=O) groups excluding carboxylic acids is 2. The number of anilines is 2. The molecule has 0 radical (unpaired) electrons. The summed E-state index contributed by atoms with van der Waals surface area (Å²) in [5.41, 5.74) is 1.30. The Balaban J connectivity index is 1.46. The second-order valence-corrected chi connectivity index (χ2v) is 7.52. The molecule has 7 nitrogen and oxygen atoms in total. The first kappa shape index (κ1) is 19.6. The Morgan fingerprint density at radius 3 is 2.70 bits per heavy atom. The summed E-state index contributed by atoms with van der Waals surface area (Å²) in [4.78, 5) is 26.0. The van der Waals surface area contributed by atoms with Crippen molar-refractivity contribution in [2.45, 2.75) is 6.42 Å². The van der Waals surface area contributed by atoms with Gasteiger partial charge < -0.3 is 15.4 Å². The molecule has 2 aromatic carbocycles. The van der Waals surface area contributed by atoms with Gasteiger partial charge in [0.05, 0.1) is 23.8 Å². The number of amides is 2. The van der Waals surface area contributed by atoms with Gasteiger partial charge in [0.15, 0.2) is 5.82 Å². The molecule has 2 amide bonds. The second-order valence-electron chi connectivity index (χ2n) is 6.46. The van der Waals surface area contributed by atoms with Crippen molar-refractivity contribution in [1.82, 2.24) is 10.2 Å². The maximum atomic E-state index is 13.0. The molecule has 4 rings (SSSR count). The van der Waals surface area contributed by atoms with E-state index >= 15 is 0 Å². The van der Waals surface area contributed by atoms with Crippen LogP contribution in [0.2, 0.25) is 0 Å². The monoisotopic (exact) mass is 424 g/mol. The summed E-state index contributed by atoms with van der Waals surface area (Å²) in [5, 5.41) is 13.1. The summed E-state index contributed by atoms with van der Waals surface area (Å²) in [6.07, 6.45) is 0.0853.